The maximum Gasteiger partial charge on any atom is 0.245 e. The van der Waals surface area contributed by atoms with Crippen LogP contribution in [-0.2, 0) is 0 Å². The number of rotatable bonds is 1. The molecule has 0 amide bonds. The Morgan fingerprint density at radius 1 is 1.33 bits per heavy atom. The summed E-state index contributed by atoms with van der Waals surface area (Å²) in [5, 5.41) is 9.97. The zero-order valence-corrected chi connectivity index (χ0v) is 7.78. The molecule has 0 unspecified atom stereocenters. The fourth-order valence-corrected chi connectivity index (χ4v) is 1.19. The van der Waals surface area contributed by atoms with Gasteiger partial charge in [-0.1, -0.05) is 11.2 Å². The minimum atomic E-state index is -0.767. The Labute approximate surface area is 83.5 Å². The molecule has 0 spiro atoms. The maximum atomic E-state index is 13.6. The van der Waals surface area contributed by atoms with Crippen molar-refractivity contribution in [3.8, 4) is 5.69 Å². The number of aromatic nitrogens is 4. The summed E-state index contributed by atoms with van der Waals surface area (Å²) in [5.74, 6) is -1.66. The first kappa shape index (κ1) is 9.50. The van der Waals surface area contributed by atoms with E-state index in [4.69, 9.17) is 5.73 Å². The van der Waals surface area contributed by atoms with Gasteiger partial charge in [0.25, 0.3) is 0 Å². The lowest BCUT2D eigenvalue weighted by Crippen LogP contribution is -2.08. The molecule has 1 aromatic heterocycles. The zero-order valence-electron chi connectivity index (χ0n) is 7.78. The number of aryl methyl sites for hydroxylation is 1. The highest BCUT2D eigenvalue weighted by Gasteiger charge is 2.16. The molecule has 2 rings (SSSR count). The molecule has 0 aliphatic rings. The van der Waals surface area contributed by atoms with E-state index in [1.165, 1.54) is 13.0 Å². The van der Waals surface area contributed by atoms with Gasteiger partial charge in [-0.3, -0.25) is 0 Å². The number of halogens is 2. The van der Waals surface area contributed by atoms with Gasteiger partial charge in [0.05, 0.1) is 0 Å². The Morgan fingerprint density at radius 3 is 2.67 bits per heavy atom. The van der Waals surface area contributed by atoms with E-state index in [2.05, 4.69) is 15.5 Å². The lowest BCUT2D eigenvalue weighted by Gasteiger charge is -2.06. The topological polar surface area (TPSA) is 69.6 Å². The number of anilines is 1. The number of hydrogen-bond acceptors (Lipinski definition) is 4. The number of benzene rings is 1. The largest absolute Gasteiger partial charge is 0.366 e. The summed E-state index contributed by atoms with van der Waals surface area (Å²) in [7, 11) is 0. The van der Waals surface area contributed by atoms with Gasteiger partial charge < -0.3 is 5.73 Å². The molecule has 0 aliphatic carbocycles. The fraction of sp³-hybridized carbons (Fsp3) is 0.125. The molecule has 7 heteroatoms. The van der Waals surface area contributed by atoms with Gasteiger partial charge in [-0.05, 0) is 29.0 Å². The van der Waals surface area contributed by atoms with Gasteiger partial charge in [-0.2, -0.15) is 4.68 Å². The summed E-state index contributed by atoms with van der Waals surface area (Å²) in [6.45, 7) is 1.51. The molecule has 0 saturated carbocycles. The van der Waals surface area contributed by atoms with E-state index in [0.717, 1.165) is 10.7 Å². The summed E-state index contributed by atoms with van der Waals surface area (Å²) in [5.41, 5.74) is 5.28. The predicted octanol–water partition coefficient (Wildman–Crippen LogP) is 0.831. The molecule has 0 bridgehead atoms. The van der Waals surface area contributed by atoms with Crippen molar-refractivity contribution >= 4 is 5.95 Å². The molecule has 0 saturated heterocycles. The molecule has 78 valence electrons. The van der Waals surface area contributed by atoms with Gasteiger partial charge in [0, 0.05) is 0 Å². The van der Waals surface area contributed by atoms with E-state index in [1.54, 1.807) is 0 Å². The third-order valence-corrected chi connectivity index (χ3v) is 1.97. The second kappa shape index (κ2) is 3.26. The molecule has 2 aromatic rings. The van der Waals surface area contributed by atoms with E-state index in [-0.39, 0.29) is 11.6 Å². The molecule has 0 radical (unpaired) electrons. The average Bonchev–Trinajstić information content (AvgIpc) is 2.60. The standard InChI is InChI=1S/C8H7F2N5/c1-4-2-3-5(9)7(6(4)10)15-8(11)12-13-14-15/h2-3H,1H3,(H2,11,12,14). The van der Waals surface area contributed by atoms with Crippen molar-refractivity contribution in [1.82, 2.24) is 20.2 Å². The first-order valence-electron chi connectivity index (χ1n) is 4.10. The Kier molecular flexibility index (Phi) is 2.07. The highest BCUT2D eigenvalue weighted by atomic mass is 19.1. The van der Waals surface area contributed by atoms with Gasteiger partial charge in [-0.15, -0.1) is 0 Å². The minimum absolute atomic E-state index is 0.168. The molecule has 1 heterocycles. The lowest BCUT2D eigenvalue weighted by atomic mass is 10.2. The molecule has 0 fully saturated rings. The summed E-state index contributed by atoms with van der Waals surface area (Å²) in [6, 6.07) is 2.46. The molecule has 5 nitrogen and oxygen atoms in total. The highest BCUT2D eigenvalue weighted by molar-refractivity contribution is 5.41. The van der Waals surface area contributed by atoms with E-state index in [9.17, 15) is 8.78 Å². The first-order valence-corrected chi connectivity index (χ1v) is 4.10. The van der Waals surface area contributed by atoms with E-state index >= 15 is 0 Å². The van der Waals surface area contributed by atoms with E-state index in [0.29, 0.717) is 5.56 Å². The van der Waals surface area contributed by atoms with Crippen LogP contribution in [0.15, 0.2) is 12.1 Å². The molecule has 0 atom stereocenters. The van der Waals surface area contributed by atoms with Crippen LogP contribution < -0.4 is 5.73 Å². The van der Waals surface area contributed by atoms with E-state index < -0.39 is 11.6 Å². The number of nitrogens with zero attached hydrogens (tertiary/aromatic N) is 4. The lowest BCUT2D eigenvalue weighted by molar-refractivity contribution is 0.552. The van der Waals surface area contributed by atoms with Gasteiger partial charge in [0.2, 0.25) is 5.95 Å². The number of nitrogens with two attached hydrogens (primary N) is 1. The van der Waals surface area contributed by atoms with Crippen LogP contribution in [0, 0.1) is 18.6 Å². The number of nitrogen functional groups attached to an aromatic ring is 1. The van der Waals surface area contributed by atoms with Crippen molar-refractivity contribution in [1.29, 1.82) is 0 Å². The summed E-state index contributed by atoms with van der Waals surface area (Å²) < 4.78 is 27.8. The highest BCUT2D eigenvalue weighted by Crippen LogP contribution is 2.20. The average molecular weight is 211 g/mol. The molecule has 1 aromatic carbocycles. The molecular formula is C8H7F2N5. The predicted molar refractivity (Wildman–Crippen MR) is 48.2 cm³/mol. The third kappa shape index (κ3) is 1.41. The molecule has 2 N–H and O–H groups in total. The van der Waals surface area contributed by atoms with Crippen LogP contribution in [0.4, 0.5) is 14.7 Å². The van der Waals surface area contributed by atoms with Crippen molar-refractivity contribution in [2.75, 3.05) is 5.73 Å². The van der Waals surface area contributed by atoms with Crippen LogP contribution in [0.25, 0.3) is 5.69 Å². The Bertz CT molecular complexity index is 508. The second-order valence-corrected chi connectivity index (χ2v) is 2.98. The summed E-state index contributed by atoms with van der Waals surface area (Å²) >= 11 is 0. The first-order chi connectivity index (χ1) is 7.11. The van der Waals surface area contributed by atoms with Crippen LogP contribution in [0.5, 0.6) is 0 Å². The van der Waals surface area contributed by atoms with Crippen molar-refractivity contribution in [3.05, 3.63) is 29.3 Å². The van der Waals surface area contributed by atoms with Gasteiger partial charge in [0.15, 0.2) is 11.6 Å². The van der Waals surface area contributed by atoms with Crippen LogP contribution in [0.1, 0.15) is 5.56 Å². The van der Waals surface area contributed by atoms with Gasteiger partial charge in [-0.25, -0.2) is 8.78 Å². The fourth-order valence-electron chi connectivity index (χ4n) is 1.19. The third-order valence-electron chi connectivity index (χ3n) is 1.97. The maximum absolute atomic E-state index is 13.6. The number of hydrogen-bond donors (Lipinski definition) is 1. The quantitative estimate of drug-likeness (QED) is 0.758. The van der Waals surface area contributed by atoms with Crippen molar-refractivity contribution < 1.29 is 8.78 Å². The number of tetrazole rings is 1. The van der Waals surface area contributed by atoms with Crippen molar-refractivity contribution in [3.63, 3.8) is 0 Å². The van der Waals surface area contributed by atoms with Gasteiger partial charge >= 0.3 is 0 Å². The molecule has 0 aliphatic heterocycles. The van der Waals surface area contributed by atoms with E-state index in [1.807, 2.05) is 0 Å². The summed E-state index contributed by atoms with van der Waals surface area (Å²) in [6.07, 6.45) is 0. The molecular weight excluding hydrogens is 204 g/mol. The van der Waals surface area contributed by atoms with Gasteiger partial charge in [0.1, 0.15) is 5.69 Å². The Balaban J connectivity index is 2.72. The van der Waals surface area contributed by atoms with Crippen LogP contribution in [0.2, 0.25) is 0 Å². The smallest absolute Gasteiger partial charge is 0.245 e. The second-order valence-electron chi connectivity index (χ2n) is 2.98. The Hall–Kier alpha value is -2.05. The minimum Gasteiger partial charge on any atom is -0.366 e. The van der Waals surface area contributed by atoms with Crippen LogP contribution in [0.3, 0.4) is 0 Å². The van der Waals surface area contributed by atoms with Crippen molar-refractivity contribution in [2.45, 2.75) is 6.92 Å². The van der Waals surface area contributed by atoms with Crippen LogP contribution >= 0.6 is 0 Å². The zero-order chi connectivity index (χ0) is 11.0. The van der Waals surface area contributed by atoms with Crippen molar-refractivity contribution in [2.24, 2.45) is 0 Å². The SMILES string of the molecule is Cc1ccc(F)c(-n2nnnc2N)c1F. The van der Waals surface area contributed by atoms with Crippen LogP contribution in [-0.4, -0.2) is 20.2 Å². The summed E-state index contributed by atoms with van der Waals surface area (Å²) in [4.78, 5) is 0. The normalized spacial score (nSPS) is 10.6. The monoisotopic (exact) mass is 211 g/mol. The molecule has 15 heavy (non-hydrogen) atoms. The Morgan fingerprint density at radius 2 is 2.07 bits per heavy atom.